The maximum atomic E-state index is 5.46. The van der Waals surface area contributed by atoms with Crippen molar-refractivity contribution in [1.29, 1.82) is 0 Å². The van der Waals surface area contributed by atoms with Crippen molar-refractivity contribution in [3.63, 3.8) is 0 Å². The second-order valence-corrected chi connectivity index (χ2v) is 6.43. The summed E-state index contributed by atoms with van der Waals surface area (Å²) in [6, 6.07) is 8.60. The van der Waals surface area contributed by atoms with E-state index in [-0.39, 0.29) is 0 Å². The van der Waals surface area contributed by atoms with Crippen molar-refractivity contribution in [2.24, 2.45) is 5.92 Å². The quantitative estimate of drug-likeness (QED) is 0.890. The van der Waals surface area contributed by atoms with E-state index in [9.17, 15) is 0 Å². The first-order valence-corrected chi connectivity index (χ1v) is 8.39. The van der Waals surface area contributed by atoms with Crippen LogP contribution in [0, 0.1) is 5.92 Å². The lowest BCUT2D eigenvalue weighted by atomic mass is 10.1. The molecule has 3 rings (SSSR count). The van der Waals surface area contributed by atoms with Gasteiger partial charge in [0.05, 0.1) is 25.1 Å². The molecule has 2 heterocycles. The number of hydrogen-bond donors (Lipinski definition) is 1. The Hall–Kier alpha value is -2.01. The molecule has 1 aliphatic rings. The fourth-order valence-corrected chi connectivity index (χ4v) is 2.90. The molecule has 0 spiro atoms. The number of aromatic nitrogens is 2. The summed E-state index contributed by atoms with van der Waals surface area (Å²) in [5.41, 5.74) is 3.69. The molecule has 1 aromatic carbocycles. The maximum absolute atomic E-state index is 5.46. The summed E-state index contributed by atoms with van der Waals surface area (Å²) in [6.07, 6.45) is 3.98. The van der Waals surface area contributed by atoms with Gasteiger partial charge in [-0.1, -0.05) is 32.0 Å². The number of ether oxygens (including phenoxy) is 1. The molecule has 5 heteroatoms. The van der Waals surface area contributed by atoms with Gasteiger partial charge in [0.25, 0.3) is 0 Å². The highest BCUT2D eigenvalue weighted by Crippen LogP contribution is 2.22. The lowest BCUT2D eigenvalue weighted by molar-refractivity contribution is 0.122. The van der Waals surface area contributed by atoms with Crippen molar-refractivity contribution < 1.29 is 4.74 Å². The van der Waals surface area contributed by atoms with Crippen molar-refractivity contribution in [3.05, 3.63) is 42.2 Å². The van der Waals surface area contributed by atoms with Crippen molar-refractivity contribution in [2.75, 3.05) is 36.5 Å². The molecule has 23 heavy (non-hydrogen) atoms. The van der Waals surface area contributed by atoms with Crippen LogP contribution in [0.15, 0.2) is 36.7 Å². The third kappa shape index (κ3) is 4.26. The van der Waals surface area contributed by atoms with Gasteiger partial charge in [-0.05, 0) is 17.5 Å². The Bertz CT molecular complexity index is 617. The Morgan fingerprint density at radius 2 is 2.00 bits per heavy atom. The van der Waals surface area contributed by atoms with Crippen molar-refractivity contribution in [1.82, 2.24) is 9.78 Å². The highest BCUT2D eigenvalue weighted by Gasteiger charge is 2.14. The van der Waals surface area contributed by atoms with E-state index in [1.807, 2.05) is 10.9 Å². The van der Waals surface area contributed by atoms with Gasteiger partial charge in [-0.25, -0.2) is 0 Å². The molecule has 0 amide bonds. The summed E-state index contributed by atoms with van der Waals surface area (Å²) in [5, 5.41) is 7.90. The number of morpholine rings is 1. The monoisotopic (exact) mass is 314 g/mol. The third-order valence-electron chi connectivity index (χ3n) is 4.01. The zero-order valence-electron chi connectivity index (χ0n) is 14.0. The van der Waals surface area contributed by atoms with E-state index < -0.39 is 0 Å². The Labute approximate surface area is 138 Å². The molecule has 0 bridgehead atoms. The molecule has 1 aliphatic heterocycles. The van der Waals surface area contributed by atoms with Crippen LogP contribution in [-0.4, -0.2) is 36.1 Å². The highest BCUT2D eigenvalue weighted by molar-refractivity contribution is 5.55. The molecule has 124 valence electrons. The standard InChI is InChI=1S/C18H26N4O/c1-15(2)13-22-14-17(12-20-22)19-11-16-5-3-4-6-18(16)21-7-9-23-10-8-21/h3-6,12,14-15,19H,7-11,13H2,1-2H3. The van der Waals surface area contributed by atoms with Crippen LogP contribution in [-0.2, 0) is 17.8 Å². The molecule has 1 saturated heterocycles. The first-order valence-electron chi connectivity index (χ1n) is 8.39. The molecular formula is C18H26N4O. The van der Waals surface area contributed by atoms with E-state index in [4.69, 9.17) is 4.74 Å². The van der Waals surface area contributed by atoms with E-state index in [2.05, 4.69) is 59.6 Å². The number of nitrogens with one attached hydrogen (secondary N) is 1. The fraction of sp³-hybridized carbons (Fsp3) is 0.500. The Morgan fingerprint density at radius 3 is 2.78 bits per heavy atom. The Kier molecular flexibility index (Phi) is 5.18. The van der Waals surface area contributed by atoms with E-state index >= 15 is 0 Å². The van der Waals surface area contributed by atoms with Crippen LogP contribution >= 0.6 is 0 Å². The summed E-state index contributed by atoms with van der Waals surface area (Å²) in [5.74, 6) is 0.602. The van der Waals surface area contributed by atoms with Crippen LogP contribution in [0.1, 0.15) is 19.4 Å². The third-order valence-corrected chi connectivity index (χ3v) is 4.01. The minimum atomic E-state index is 0.602. The summed E-state index contributed by atoms with van der Waals surface area (Å²) >= 11 is 0. The molecule has 2 aromatic rings. The predicted octanol–water partition coefficient (Wildman–Crippen LogP) is 2.99. The number of anilines is 2. The molecule has 0 aliphatic carbocycles. The Balaban J connectivity index is 1.65. The first-order chi connectivity index (χ1) is 11.2. The van der Waals surface area contributed by atoms with Gasteiger partial charge in [-0.2, -0.15) is 5.10 Å². The lowest BCUT2D eigenvalue weighted by Gasteiger charge is -2.30. The normalized spacial score (nSPS) is 15.2. The van der Waals surface area contributed by atoms with Gasteiger partial charge in [-0.3, -0.25) is 4.68 Å². The second kappa shape index (κ2) is 7.51. The maximum Gasteiger partial charge on any atom is 0.0729 e. The summed E-state index contributed by atoms with van der Waals surface area (Å²) in [7, 11) is 0. The smallest absolute Gasteiger partial charge is 0.0729 e. The van der Waals surface area contributed by atoms with E-state index in [0.29, 0.717) is 5.92 Å². The highest BCUT2D eigenvalue weighted by atomic mass is 16.5. The molecule has 1 N–H and O–H groups in total. The molecule has 5 nitrogen and oxygen atoms in total. The minimum Gasteiger partial charge on any atom is -0.378 e. The molecule has 1 aromatic heterocycles. The van der Waals surface area contributed by atoms with E-state index in [1.165, 1.54) is 11.3 Å². The molecule has 0 unspecified atom stereocenters. The average molecular weight is 314 g/mol. The summed E-state index contributed by atoms with van der Waals surface area (Å²) in [4.78, 5) is 2.41. The summed E-state index contributed by atoms with van der Waals surface area (Å²) < 4.78 is 7.46. The van der Waals surface area contributed by atoms with Gasteiger partial charge >= 0.3 is 0 Å². The van der Waals surface area contributed by atoms with Gasteiger partial charge in [-0.15, -0.1) is 0 Å². The van der Waals surface area contributed by atoms with Crippen LogP contribution in [0.3, 0.4) is 0 Å². The number of nitrogens with zero attached hydrogens (tertiary/aromatic N) is 3. The minimum absolute atomic E-state index is 0.602. The number of hydrogen-bond acceptors (Lipinski definition) is 4. The molecule has 0 saturated carbocycles. The van der Waals surface area contributed by atoms with Crippen molar-refractivity contribution in [2.45, 2.75) is 26.9 Å². The van der Waals surface area contributed by atoms with Crippen LogP contribution in [0.25, 0.3) is 0 Å². The summed E-state index contributed by atoms with van der Waals surface area (Å²) in [6.45, 7) is 9.70. The first kappa shape index (κ1) is 15.9. The predicted molar refractivity (Wildman–Crippen MR) is 93.9 cm³/mol. The molecule has 0 radical (unpaired) electrons. The topological polar surface area (TPSA) is 42.3 Å². The van der Waals surface area contributed by atoms with Gasteiger partial charge in [0, 0.05) is 38.1 Å². The zero-order valence-corrected chi connectivity index (χ0v) is 14.0. The Morgan fingerprint density at radius 1 is 1.22 bits per heavy atom. The second-order valence-electron chi connectivity index (χ2n) is 6.43. The number of benzene rings is 1. The van der Waals surface area contributed by atoms with Crippen LogP contribution in [0.4, 0.5) is 11.4 Å². The van der Waals surface area contributed by atoms with Gasteiger partial charge in [0.15, 0.2) is 0 Å². The van der Waals surface area contributed by atoms with Gasteiger partial charge in [0.2, 0.25) is 0 Å². The van der Waals surface area contributed by atoms with Gasteiger partial charge in [0.1, 0.15) is 0 Å². The molecular weight excluding hydrogens is 288 g/mol. The number of para-hydroxylation sites is 1. The zero-order chi connectivity index (χ0) is 16.1. The van der Waals surface area contributed by atoms with Crippen LogP contribution < -0.4 is 10.2 Å². The van der Waals surface area contributed by atoms with E-state index in [0.717, 1.165) is 45.1 Å². The van der Waals surface area contributed by atoms with Crippen molar-refractivity contribution >= 4 is 11.4 Å². The SMILES string of the molecule is CC(C)Cn1cc(NCc2ccccc2N2CCOCC2)cn1. The van der Waals surface area contributed by atoms with E-state index in [1.54, 1.807) is 0 Å². The van der Waals surface area contributed by atoms with Crippen molar-refractivity contribution in [3.8, 4) is 0 Å². The van der Waals surface area contributed by atoms with Crippen LogP contribution in [0.2, 0.25) is 0 Å². The largest absolute Gasteiger partial charge is 0.378 e. The average Bonchev–Trinajstić information content (AvgIpc) is 3.01. The molecule has 1 fully saturated rings. The van der Waals surface area contributed by atoms with Gasteiger partial charge < -0.3 is 15.0 Å². The van der Waals surface area contributed by atoms with Crippen LogP contribution in [0.5, 0.6) is 0 Å². The lowest BCUT2D eigenvalue weighted by Crippen LogP contribution is -2.36. The fourth-order valence-electron chi connectivity index (χ4n) is 2.90. The molecule has 0 atom stereocenters. The number of rotatable bonds is 6.